The highest BCUT2D eigenvalue weighted by Gasteiger charge is 2.45. The summed E-state index contributed by atoms with van der Waals surface area (Å²) in [6, 6.07) is 8.10. The average molecular weight is 296 g/mol. The van der Waals surface area contributed by atoms with Crippen molar-refractivity contribution in [3.8, 4) is 0 Å². The second kappa shape index (κ2) is 4.83. The molecule has 0 saturated carbocycles. The van der Waals surface area contributed by atoms with Gasteiger partial charge in [-0.15, -0.1) is 0 Å². The number of carbonyl (C=O) groups excluding carboxylic acids is 2. The van der Waals surface area contributed by atoms with Crippen LogP contribution in [0.15, 0.2) is 47.6 Å². The molecular formula is C18H16O4. The molecule has 0 unspecified atom stereocenters. The van der Waals surface area contributed by atoms with Gasteiger partial charge in [0.1, 0.15) is 12.2 Å². The highest BCUT2D eigenvalue weighted by atomic mass is 16.6. The molecule has 1 saturated heterocycles. The summed E-state index contributed by atoms with van der Waals surface area (Å²) in [5, 5.41) is 0. The van der Waals surface area contributed by atoms with E-state index in [1.165, 1.54) is 5.56 Å². The van der Waals surface area contributed by atoms with Crippen LogP contribution < -0.4 is 0 Å². The van der Waals surface area contributed by atoms with E-state index in [2.05, 4.69) is 6.07 Å². The van der Waals surface area contributed by atoms with Gasteiger partial charge in [0.05, 0.1) is 0 Å². The first-order valence-electron chi connectivity index (χ1n) is 7.51. The average Bonchev–Trinajstić information content (AvgIpc) is 3.10. The van der Waals surface area contributed by atoms with Crippen LogP contribution in [0.5, 0.6) is 0 Å². The van der Waals surface area contributed by atoms with Gasteiger partial charge in [0.25, 0.3) is 0 Å². The van der Waals surface area contributed by atoms with E-state index in [1.807, 2.05) is 24.3 Å². The predicted molar refractivity (Wildman–Crippen MR) is 78.8 cm³/mol. The van der Waals surface area contributed by atoms with Gasteiger partial charge in [-0.1, -0.05) is 30.3 Å². The van der Waals surface area contributed by atoms with Crippen molar-refractivity contribution in [1.82, 2.24) is 0 Å². The first kappa shape index (κ1) is 13.3. The van der Waals surface area contributed by atoms with Gasteiger partial charge in [-0.05, 0) is 30.5 Å². The molecular weight excluding hydrogens is 280 g/mol. The van der Waals surface area contributed by atoms with E-state index in [-0.39, 0.29) is 30.1 Å². The zero-order valence-electron chi connectivity index (χ0n) is 12.2. The molecule has 0 bridgehead atoms. The largest absolute Gasteiger partial charge is 0.454 e. The Morgan fingerprint density at radius 1 is 1.18 bits per heavy atom. The van der Waals surface area contributed by atoms with Crippen molar-refractivity contribution in [1.29, 1.82) is 0 Å². The number of ether oxygens (including phenoxy) is 2. The molecule has 1 fully saturated rings. The normalized spacial score (nSPS) is 30.9. The molecule has 1 aromatic carbocycles. The van der Waals surface area contributed by atoms with Crippen molar-refractivity contribution in [3.63, 3.8) is 0 Å². The van der Waals surface area contributed by atoms with Crippen LogP contribution in [0.1, 0.15) is 30.6 Å². The molecule has 0 N–H and O–H groups in total. The molecule has 1 aromatic rings. The molecule has 112 valence electrons. The molecule has 0 aromatic heterocycles. The zero-order valence-corrected chi connectivity index (χ0v) is 12.2. The number of esters is 2. The second-order valence-corrected chi connectivity index (χ2v) is 6.02. The number of hydrogen-bond donors (Lipinski definition) is 0. The molecule has 22 heavy (non-hydrogen) atoms. The summed E-state index contributed by atoms with van der Waals surface area (Å²) >= 11 is 0. The van der Waals surface area contributed by atoms with Gasteiger partial charge in [0.2, 0.25) is 0 Å². The topological polar surface area (TPSA) is 52.6 Å². The second-order valence-electron chi connectivity index (χ2n) is 6.02. The minimum atomic E-state index is -0.274. The molecule has 4 nitrogen and oxygen atoms in total. The molecule has 4 heteroatoms. The molecule has 0 radical (unpaired) electrons. The number of rotatable bonds is 2. The van der Waals surface area contributed by atoms with Crippen molar-refractivity contribution in [2.45, 2.75) is 32.0 Å². The quantitative estimate of drug-likeness (QED) is 0.622. The van der Waals surface area contributed by atoms with Gasteiger partial charge >= 0.3 is 11.9 Å². The van der Waals surface area contributed by atoms with Crippen LogP contribution in [-0.4, -0.2) is 18.0 Å². The van der Waals surface area contributed by atoms with Crippen LogP contribution >= 0.6 is 0 Å². The van der Waals surface area contributed by atoms with E-state index in [9.17, 15) is 9.59 Å². The van der Waals surface area contributed by atoms with Crippen LogP contribution in [-0.2, 0) is 25.5 Å². The lowest BCUT2D eigenvalue weighted by atomic mass is 9.95. The minimum absolute atomic E-state index is 0.0899. The maximum Gasteiger partial charge on any atom is 0.334 e. The summed E-state index contributed by atoms with van der Waals surface area (Å²) < 4.78 is 10.8. The van der Waals surface area contributed by atoms with Crippen LogP contribution in [0.4, 0.5) is 0 Å². The fourth-order valence-corrected chi connectivity index (χ4v) is 3.52. The Morgan fingerprint density at radius 3 is 2.77 bits per heavy atom. The maximum atomic E-state index is 12.1. The summed E-state index contributed by atoms with van der Waals surface area (Å²) in [6.45, 7) is 1.74. The van der Waals surface area contributed by atoms with Gasteiger partial charge in [0.15, 0.2) is 0 Å². The predicted octanol–water partition coefficient (Wildman–Crippen LogP) is 2.65. The first-order chi connectivity index (χ1) is 10.6. The van der Waals surface area contributed by atoms with Crippen LogP contribution in [0.2, 0.25) is 0 Å². The first-order valence-corrected chi connectivity index (χ1v) is 7.51. The Kier molecular flexibility index (Phi) is 2.93. The molecule has 0 spiro atoms. The van der Waals surface area contributed by atoms with Crippen molar-refractivity contribution in [2.75, 3.05) is 0 Å². The van der Waals surface area contributed by atoms with E-state index in [4.69, 9.17) is 9.47 Å². The summed E-state index contributed by atoms with van der Waals surface area (Å²) in [4.78, 5) is 23.5. The zero-order chi connectivity index (χ0) is 15.3. The molecule has 2 aliphatic heterocycles. The standard InChI is InChI=1S/C18H16O4/c1-10-8-12(21-17(10)19)6-7-14-15-9-11-4-2-3-5-13(11)16(15)22-18(14)20/h2-5,7-8,12,15-16H,6,9H2,1H3/b14-7+/t12-,15-,16-/m1/s1. The fraction of sp³-hybridized carbons (Fsp3) is 0.333. The number of hydrogen-bond acceptors (Lipinski definition) is 4. The highest BCUT2D eigenvalue weighted by Crippen LogP contribution is 2.47. The van der Waals surface area contributed by atoms with E-state index in [1.54, 1.807) is 13.0 Å². The maximum absolute atomic E-state index is 12.1. The summed E-state index contributed by atoms with van der Waals surface area (Å²) in [6.07, 6.45) is 4.62. The number of cyclic esters (lactones) is 1. The van der Waals surface area contributed by atoms with E-state index < -0.39 is 0 Å². The van der Waals surface area contributed by atoms with Gasteiger partial charge < -0.3 is 9.47 Å². The lowest BCUT2D eigenvalue weighted by Crippen LogP contribution is -2.09. The Hall–Kier alpha value is -2.36. The Morgan fingerprint density at radius 2 is 2.00 bits per heavy atom. The number of carbonyl (C=O) groups is 2. The van der Waals surface area contributed by atoms with Crippen LogP contribution in [0.3, 0.4) is 0 Å². The molecule has 0 amide bonds. The monoisotopic (exact) mass is 296 g/mol. The van der Waals surface area contributed by atoms with E-state index >= 15 is 0 Å². The van der Waals surface area contributed by atoms with Crippen LogP contribution in [0, 0.1) is 5.92 Å². The number of benzene rings is 1. The van der Waals surface area contributed by atoms with Crippen LogP contribution in [0.25, 0.3) is 0 Å². The van der Waals surface area contributed by atoms with Crippen molar-refractivity contribution < 1.29 is 19.1 Å². The highest BCUT2D eigenvalue weighted by molar-refractivity contribution is 5.92. The third kappa shape index (κ3) is 1.98. The van der Waals surface area contributed by atoms with Gasteiger partial charge in [-0.25, -0.2) is 9.59 Å². The Balaban J connectivity index is 1.55. The molecule has 3 aliphatic rings. The SMILES string of the molecule is CC1=C[C@@H](C/C=C2/C(=O)O[C@@H]3c4ccccc4C[C@H]23)OC1=O. The molecule has 4 rings (SSSR count). The lowest BCUT2D eigenvalue weighted by molar-refractivity contribution is -0.139. The summed E-state index contributed by atoms with van der Waals surface area (Å²) in [5.74, 6) is -0.426. The van der Waals surface area contributed by atoms with Crippen molar-refractivity contribution >= 4 is 11.9 Å². The smallest absolute Gasteiger partial charge is 0.334 e. The fourth-order valence-electron chi connectivity index (χ4n) is 3.52. The van der Waals surface area contributed by atoms with Gasteiger partial charge in [-0.3, -0.25) is 0 Å². The molecule has 3 atom stereocenters. The van der Waals surface area contributed by atoms with Gasteiger partial charge in [0, 0.05) is 23.5 Å². The summed E-state index contributed by atoms with van der Waals surface area (Å²) in [7, 11) is 0. The lowest BCUT2D eigenvalue weighted by Gasteiger charge is -2.08. The Bertz CT molecular complexity index is 728. The van der Waals surface area contributed by atoms with Crippen molar-refractivity contribution in [3.05, 3.63) is 58.7 Å². The van der Waals surface area contributed by atoms with E-state index in [0.717, 1.165) is 17.6 Å². The summed E-state index contributed by atoms with van der Waals surface area (Å²) in [5.41, 5.74) is 3.71. The third-order valence-electron chi connectivity index (χ3n) is 4.62. The Labute approximate surface area is 128 Å². The molecule has 2 heterocycles. The van der Waals surface area contributed by atoms with Gasteiger partial charge in [-0.2, -0.15) is 0 Å². The van der Waals surface area contributed by atoms with Crippen molar-refractivity contribution in [2.24, 2.45) is 5.92 Å². The molecule has 1 aliphatic carbocycles. The number of fused-ring (bicyclic) bond motifs is 3. The van der Waals surface area contributed by atoms with E-state index in [0.29, 0.717) is 12.0 Å². The third-order valence-corrected chi connectivity index (χ3v) is 4.62. The minimum Gasteiger partial charge on any atom is -0.454 e.